The van der Waals surface area contributed by atoms with Gasteiger partial charge in [0, 0.05) is 37.8 Å². The number of ether oxygens (including phenoxy) is 2. The molecule has 1 spiro atoms. The molecule has 1 N–H and O–H groups in total. The van der Waals surface area contributed by atoms with Gasteiger partial charge in [0.15, 0.2) is 0 Å². The van der Waals surface area contributed by atoms with Gasteiger partial charge in [0.25, 0.3) is 0 Å². The van der Waals surface area contributed by atoms with Crippen molar-refractivity contribution in [2.24, 2.45) is 0 Å². The molecule has 5 heteroatoms. The Balaban J connectivity index is 1.25. The maximum Gasteiger partial charge on any atom is 0.0741 e. The molecule has 0 aliphatic carbocycles. The summed E-state index contributed by atoms with van der Waals surface area (Å²) in [4.78, 5) is 0. The van der Waals surface area contributed by atoms with Gasteiger partial charge in [0.1, 0.15) is 0 Å². The van der Waals surface area contributed by atoms with Gasteiger partial charge in [0.05, 0.1) is 17.3 Å². The van der Waals surface area contributed by atoms with Gasteiger partial charge in [-0.25, -0.2) is 0 Å². The second kappa shape index (κ2) is 7.21. The van der Waals surface area contributed by atoms with Gasteiger partial charge in [-0.15, -0.1) is 0 Å². The fraction of sp³-hybridized carbons (Fsp3) is 0.632. The summed E-state index contributed by atoms with van der Waals surface area (Å²) in [6.07, 6.45) is 7.39. The van der Waals surface area contributed by atoms with Gasteiger partial charge in [-0.05, 0) is 44.7 Å². The first-order valence-electron chi connectivity index (χ1n) is 9.20. The van der Waals surface area contributed by atoms with Crippen LogP contribution in [0.4, 0.5) is 0 Å². The van der Waals surface area contributed by atoms with Crippen molar-refractivity contribution in [3.8, 4) is 0 Å². The van der Waals surface area contributed by atoms with Crippen molar-refractivity contribution in [2.45, 2.75) is 50.3 Å². The molecule has 130 valence electrons. The number of hydrogen-bond acceptors (Lipinski definition) is 4. The van der Waals surface area contributed by atoms with E-state index in [-0.39, 0.29) is 5.60 Å². The SMILES string of the molecule is c1ccc2c(c1)cnn2CCCN[C@H]1CCOC2(CCOCC2)C1. The van der Waals surface area contributed by atoms with Gasteiger partial charge in [0.2, 0.25) is 0 Å². The molecule has 1 aromatic heterocycles. The summed E-state index contributed by atoms with van der Waals surface area (Å²) in [6, 6.07) is 8.97. The van der Waals surface area contributed by atoms with Crippen LogP contribution in [-0.2, 0) is 16.0 Å². The number of nitrogens with zero attached hydrogens (tertiary/aromatic N) is 2. The number of para-hydroxylation sites is 1. The zero-order valence-corrected chi connectivity index (χ0v) is 14.2. The molecular weight excluding hydrogens is 302 g/mol. The number of hydrogen-bond donors (Lipinski definition) is 1. The quantitative estimate of drug-likeness (QED) is 0.857. The molecular formula is C19H27N3O2. The molecule has 2 saturated heterocycles. The minimum absolute atomic E-state index is 0.0757. The normalized spacial score (nSPS) is 23.8. The molecule has 5 nitrogen and oxygen atoms in total. The lowest BCUT2D eigenvalue weighted by molar-refractivity contribution is -0.140. The Morgan fingerprint density at radius 2 is 2.08 bits per heavy atom. The van der Waals surface area contributed by atoms with Crippen LogP contribution in [0, 0.1) is 0 Å². The summed E-state index contributed by atoms with van der Waals surface area (Å²) in [5, 5.41) is 9.46. The lowest BCUT2D eigenvalue weighted by atomic mass is 9.84. The summed E-state index contributed by atoms with van der Waals surface area (Å²) in [7, 11) is 0. The summed E-state index contributed by atoms with van der Waals surface area (Å²) >= 11 is 0. The largest absolute Gasteiger partial charge is 0.381 e. The first-order chi connectivity index (χ1) is 11.8. The second-order valence-corrected chi connectivity index (χ2v) is 7.07. The summed E-state index contributed by atoms with van der Waals surface area (Å²) in [6.45, 7) is 4.56. The average Bonchev–Trinajstić information content (AvgIpc) is 3.03. The summed E-state index contributed by atoms with van der Waals surface area (Å²) < 4.78 is 13.7. The Kier molecular flexibility index (Phi) is 4.83. The van der Waals surface area contributed by atoms with Gasteiger partial charge in [-0.1, -0.05) is 18.2 Å². The monoisotopic (exact) mass is 329 g/mol. The summed E-state index contributed by atoms with van der Waals surface area (Å²) in [5.41, 5.74) is 1.30. The van der Waals surface area contributed by atoms with E-state index < -0.39 is 0 Å². The van der Waals surface area contributed by atoms with Crippen LogP contribution in [0.3, 0.4) is 0 Å². The molecule has 3 heterocycles. The highest BCUT2D eigenvalue weighted by Gasteiger charge is 2.38. The highest BCUT2D eigenvalue weighted by molar-refractivity contribution is 5.78. The average molecular weight is 329 g/mol. The molecule has 0 radical (unpaired) electrons. The Hall–Kier alpha value is -1.43. The van der Waals surface area contributed by atoms with Crippen molar-refractivity contribution >= 4 is 10.9 Å². The molecule has 24 heavy (non-hydrogen) atoms. The van der Waals surface area contributed by atoms with Crippen molar-refractivity contribution in [1.29, 1.82) is 0 Å². The van der Waals surface area contributed by atoms with Crippen molar-refractivity contribution in [1.82, 2.24) is 15.1 Å². The van der Waals surface area contributed by atoms with E-state index in [0.717, 1.165) is 65.0 Å². The minimum atomic E-state index is 0.0757. The Bertz CT molecular complexity index is 658. The minimum Gasteiger partial charge on any atom is -0.381 e. The van der Waals surface area contributed by atoms with Gasteiger partial charge >= 0.3 is 0 Å². The highest BCUT2D eigenvalue weighted by atomic mass is 16.5. The number of aryl methyl sites for hydroxylation is 1. The number of benzene rings is 1. The number of fused-ring (bicyclic) bond motifs is 1. The van der Waals surface area contributed by atoms with Crippen LogP contribution in [0.25, 0.3) is 10.9 Å². The van der Waals surface area contributed by atoms with Crippen molar-refractivity contribution < 1.29 is 9.47 Å². The van der Waals surface area contributed by atoms with Crippen LogP contribution in [0.5, 0.6) is 0 Å². The van der Waals surface area contributed by atoms with E-state index in [1.807, 2.05) is 6.20 Å². The Morgan fingerprint density at radius 1 is 1.21 bits per heavy atom. The van der Waals surface area contributed by atoms with Gasteiger partial charge < -0.3 is 14.8 Å². The number of nitrogens with one attached hydrogen (secondary N) is 1. The molecule has 2 fully saturated rings. The van der Waals surface area contributed by atoms with Crippen LogP contribution in [0.15, 0.2) is 30.5 Å². The molecule has 2 aromatic rings. The van der Waals surface area contributed by atoms with Crippen LogP contribution in [0.1, 0.15) is 32.1 Å². The van der Waals surface area contributed by atoms with Crippen molar-refractivity contribution in [3.05, 3.63) is 30.5 Å². The third kappa shape index (κ3) is 3.48. The molecule has 1 aromatic carbocycles. The van der Waals surface area contributed by atoms with E-state index in [9.17, 15) is 0 Å². The van der Waals surface area contributed by atoms with Crippen LogP contribution in [-0.4, -0.2) is 47.8 Å². The molecule has 0 bridgehead atoms. The molecule has 2 aliphatic heterocycles. The number of rotatable bonds is 5. The Labute approximate surface area is 143 Å². The summed E-state index contributed by atoms with van der Waals surface area (Å²) in [5.74, 6) is 0. The number of aromatic nitrogens is 2. The first kappa shape index (κ1) is 16.1. The van der Waals surface area contributed by atoms with E-state index in [1.54, 1.807) is 0 Å². The zero-order valence-electron chi connectivity index (χ0n) is 14.2. The standard InChI is InChI=1S/C19H27N3O2/c1-2-5-18-16(4-1)15-21-22(18)10-3-9-20-17-6-11-24-19(14-17)7-12-23-13-8-19/h1-2,4-5,15,17,20H,3,6-14H2/t17-/m0/s1. The molecule has 0 amide bonds. The van der Waals surface area contributed by atoms with E-state index in [2.05, 4.69) is 39.4 Å². The third-order valence-electron chi connectivity index (χ3n) is 5.43. The van der Waals surface area contributed by atoms with Crippen molar-refractivity contribution in [3.63, 3.8) is 0 Å². The topological polar surface area (TPSA) is 48.3 Å². The molecule has 0 unspecified atom stereocenters. The van der Waals surface area contributed by atoms with Crippen molar-refractivity contribution in [2.75, 3.05) is 26.4 Å². The van der Waals surface area contributed by atoms with E-state index in [4.69, 9.17) is 9.47 Å². The van der Waals surface area contributed by atoms with Gasteiger partial charge in [-0.3, -0.25) is 4.68 Å². The van der Waals surface area contributed by atoms with Crippen LogP contribution >= 0.6 is 0 Å². The maximum absolute atomic E-state index is 6.12. The smallest absolute Gasteiger partial charge is 0.0741 e. The molecule has 1 atom stereocenters. The fourth-order valence-corrected chi connectivity index (χ4v) is 4.03. The maximum atomic E-state index is 6.12. The zero-order chi connectivity index (χ0) is 16.2. The van der Waals surface area contributed by atoms with E-state index in [1.165, 1.54) is 10.9 Å². The molecule has 0 saturated carbocycles. The lowest BCUT2D eigenvalue weighted by Crippen LogP contribution is -2.50. The van der Waals surface area contributed by atoms with E-state index in [0.29, 0.717) is 6.04 Å². The predicted octanol–water partition coefficient (Wildman–Crippen LogP) is 2.74. The second-order valence-electron chi connectivity index (χ2n) is 7.07. The first-order valence-corrected chi connectivity index (χ1v) is 9.20. The molecule has 2 aliphatic rings. The molecule has 4 rings (SSSR count). The highest BCUT2D eigenvalue weighted by Crippen LogP contribution is 2.34. The van der Waals surface area contributed by atoms with Crippen LogP contribution in [0.2, 0.25) is 0 Å². The third-order valence-corrected chi connectivity index (χ3v) is 5.43. The van der Waals surface area contributed by atoms with Gasteiger partial charge in [-0.2, -0.15) is 5.10 Å². The predicted molar refractivity (Wildman–Crippen MR) is 94.1 cm³/mol. The van der Waals surface area contributed by atoms with E-state index >= 15 is 0 Å². The Morgan fingerprint density at radius 3 is 3.00 bits per heavy atom. The van der Waals surface area contributed by atoms with Crippen LogP contribution < -0.4 is 5.32 Å². The fourth-order valence-electron chi connectivity index (χ4n) is 4.03. The lowest BCUT2D eigenvalue weighted by Gasteiger charge is -2.43.